The third-order valence-electron chi connectivity index (χ3n) is 5.05. The van der Waals surface area contributed by atoms with E-state index in [2.05, 4.69) is 15.2 Å². The molecule has 4 nitrogen and oxygen atoms in total. The number of hydrogen-bond donors (Lipinski definition) is 1. The highest BCUT2D eigenvalue weighted by atomic mass is 19.4. The van der Waals surface area contributed by atoms with Crippen LogP contribution >= 0.6 is 0 Å². The first-order valence-corrected chi connectivity index (χ1v) is 9.51. The summed E-state index contributed by atoms with van der Waals surface area (Å²) in [5.74, 6) is 0.455. The summed E-state index contributed by atoms with van der Waals surface area (Å²) in [4.78, 5) is 8.65. The molecule has 0 saturated carbocycles. The zero-order valence-corrected chi connectivity index (χ0v) is 16.8. The van der Waals surface area contributed by atoms with E-state index in [-0.39, 0.29) is 6.04 Å². The molecule has 1 aromatic heterocycles. The molecule has 2 heterocycles. The molecule has 28 heavy (non-hydrogen) atoms. The predicted molar refractivity (Wildman–Crippen MR) is 106 cm³/mol. The average molecular weight is 392 g/mol. The Morgan fingerprint density at radius 2 is 2.00 bits per heavy atom. The number of aromatic nitrogens is 1. The average Bonchev–Trinajstić information content (AvgIpc) is 2.59. The van der Waals surface area contributed by atoms with Crippen molar-refractivity contribution < 1.29 is 13.2 Å². The Hall–Kier alpha value is -2.12. The van der Waals surface area contributed by atoms with Gasteiger partial charge < -0.3 is 15.1 Å². The van der Waals surface area contributed by atoms with Crippen molar-refractivity contribution in [2.45, 2.75) is 39.2 Å². The second-order valence-corrected chi connectivity index (χ2v) is 7.62. The quantitative estimate of drug-likeness (QED) is 0.767. The Labute approximate surface area is 164 Å². The highest BCUT2D eigenvalue weighted by molar-refractivity contribution is 5.70. The normalized spacial score (nSPS) is 13.8. The minimum atomic E-state index is -4.38. The van der Waals surface area contributed by atoms with E-state index in [0.717, 1.165) is 25.2 Å². The molecule has 0 aliphatic carbocycles. The Bertz CT molecular complexity index is 833. The fourth-order valence-corrected chi connectivity index (χ4v) is 3.46. The number of alkyl halides is 3. The largest absolute Gasteiger partial charge is 0.416 e. The van der Waals surface area contributed by atoms with Crippen LogP contribution in [-0.2, 0) is 19.3 Å². The van der Waals surface area contributed by atoms with E-state index in [4.69, 9.17) is 0 Å². The lowest BCUT2D eigenvalue weighted by atomic mass is 9.96. The maximum Gasteiger partial charge on any atom is 0.416 e. The Kier molecular flexibility index (Phi) is 5.95. The molecule has 1 N–H and O–H groups in total. The van der Waals surface area contributed by atoms with Gasteiger partial charge in [0.15, 0.2) is 0 Å². The molecular formula is C21H27F3N4. The van der Waals surface area contributed by atoms with E-state index in [1.807, 2.05) is 57.1 Å². The van der Waals surface area contributed by atoms with Gasteiger partial charge in [0.2, 0.25) is 0 Å². The van der Waals surface area contributed by atoms with Gasteiger partial charge in [0.25, 0.3) is 0 Å². The molecular weight excluding hydrogens is 365 g/mol. The number of fused-ring (bicyclic) bond motifs is 1. The lowest BCUT2D eigenvalue weighted by Crippen LogP contribution is -2.41. The van der Waals surface area contributed by atoms with Gasteiger partial charge in [0.05, 0.1) is 11.3 Å². The van der Waals surface area contributed by atoms with Gasteiger partial charge in [0.1, 0.15) is 5.82 Å². The van der Waals surface area contributed by atoms with Crippen LogP contribution in [0.2, 0.25) is 0 Å². The molecule has 152 valence electrons. The summed E-state index contributed by atoms with van der Waals surface area (Å²) >= 11 is 0. The third-order valence-corrected chi connectivity index (χ3v) is 5.05. The zero-order chi connectivity index (χ0) is 20.5. The maximum absolute atomic E-state index is 13.6. The number of hydrogen-bond acceptors (Lipinski definition) is 4. The van der Waals surface area contributed by atoms with E-state index in [1.54, 1.807) is 0 Å². The SMILES string of the molecule is CNCCN(C)Cc1cccc(-c2cc(C(F)(F)F)c3c(n2)N(C(C)C)C3)c1. The number of rotatable bonds is 7. The van der Waals surface area contributed by atoms with Gasteiger partial charge in [0, 0.05) is 43.3 Å². The summed E-state index contributed by atoms with van der Waals surface area (Å²) in [6, 6.07) is 8.94. The summed E-state index contributed by atoms with van der Waals surface area (Å²) < 4.78 is 40.8. The van der Waals surface area contributed by atoms with Gasteiger partial charge >= 0.3 is 6.18 Å². The van der Waals surface area contributed by atoms with Crippen molar-refractivity contribution in [3.8, 4) is 11.3 Å². The maximum atomic E-state index is 13.6. The molecule has 2 aromatic rings. The van der Waals surface area contributed by atoms with Crippen LogP contribution in [0.3, 0.4) is 0 Å². The van der Waals surface area contributed by atoms with Crippen LogP contribution in [0.5, 0.6) is 0 Å². The summed E-state index contributed by atoms with van der Waals surface area (Å²) in [5, 5.41) is 3.11. The smallest absolute Gasteiger partial charge is 0.349 e. The molecule has 0 bridgehead atoms. The number of halogens is 3. The molecule has 0 amide bonds. The second kappa shape index (κ2) is 8.09. The molecule has 0 saturated heterocycles. The lowest BCUT2D eigenvalue weighted by Gasteiger charge is -2.40. The fourth-order valence-electron chi connectivity index (χ4n) is 3.46. The van der Waals surface area contributed by atoms with Crippen molar-refractivity contribution in [3.05, 3.63) is 47.0 Å². The van der Waals surface area contributed by atoms with Crippen LogP contribution in [-0.4, -0.2) is 43.1 Å². The fraction of sp³-hybridized carbons (Fsp3) is 0.476. The van der Waals surface area contributed by atoms with Crippen LogP contribution in [0.4, 0.5) is 19.0 Å². The monoisotopic (exact) mass is 392 g/mol. The van der Waals surface area contributed by atoms with Crippen molar-refractivity contribution in [1.29, 1.82) is 0 Å². The van der Waals surface area contributed by atoms with Gasteiger partial charge in [-0.25, -0.2) is 4.98 Å². The van der Waals surface area contributed by atoms with Crippen LogP contribution in [0.25, 0.3) is 11.3 Å². The number of nitrogens with one attached hydrogen (secondary N) is 1. The highest BCUT2D eigenvalue weighted by Gasteiger charge is 2.41. The minimum Gasteiger partial charge on any atom is -0.349 e. The first-order chi connectivity index (χ1) is 13.2. The number of likely N-dealkylation sites (N-methyl/N-ethyl adjacent to an activating group) is 2. The summed E-state index contributed by atoms with van der Waals surface area (Å²) in [7, 11) is 3.93. The molecule has 0 fully saturated rings. The van der Waals surface area contributed by atoms with Crippen LogP contribution in [0.1, 0.15) is 30.5 Å². The molecule has 1 aliphatic heterocycles. The number of anilines is 1. The minimum absolute atomic E-state index is 0.114. The molecule has 0 unspecified atom stereocenters. The van der Waals surface area contributed by atoms with Gasteiger partial charge in [-0.2, -0.15) is 13.2 Å². The molecule has 1 aromatic carbocycles. The highest BCUT2D eigenvalue weighted by Crippen LogP contribution is 2.44. The van der Waals surface area contributed by atoms with Gasteiger partial charge in [-0.15, -0.1) is 0 Å². The van der Waals surface area contributed by atoms with Crippen molar-refractivity contribution in [2.24, 2.45) is 0 Å². The molecule has 7 heteroatoms. The van der Waals surface area contributed by atoms with E-state index >= 15 is 0 Å². The Morgan fingerprint density at radius 1 is 1.25 bits per heavy atom. The number of benzene rings is 1. The van der Waals surface area contributed by atoms with Gasteiger partial charge in [-0.3, -0.25) is 0 Å². The number of pyridine rings is 1. The van der Waals surface area contributed by atoms with E-state index in [1.165, 1.54) is 6.07 Å². The molecule has 0 spiro atoms. The van der Waals surface area contributed by atoms with Gasteiger partial charge in [-0.05, 0) is 45.6 Å². The zero-order valence-electron chi connectivity index (χ0n) is 16.8. The van der Waals surface area contributed by atoms with E-state index in [9.17, 15) is 13.2 Å². The van der Waals surface area contributed by atoms with E-state index in [0.29, 0.717) is 29.2 Å². The topological polar surface area (TPSA) is 31.4 Å². The van der Waals surface area contributed by atoms with Gasteiger partial charge in [-0.1, -0.05) is 18.2 Å². The van der Waals surface area contributed by atoms with Crippen molar-refractivity contribution in [3.63, 3.8) is 0 Å². The van der Waals surface area contributed by atoms with Crippen LogP contribution < -0.4 is 10.2 Å². The Morgan fingerprint density at radius 3 is 2.64 bits per heavy atom. The van der Waals surface area contributed by atoms with Crippen LogP contribution in [0, 0.1) is 0 Å². The Balaban J connectivity index is 1.94. The third kappa shape index (κ3) is 4.31. The first-order valence-electron chi connectivity index (χ1n) is 9.51. The lowest BCUT2D eigenvalue weighted by molar-refractivity contribution is -0.138. The summed E-state index contributed by atoms with van der Waals surface area (Å²) in [5.41, 5.74) is 1.86. The van der Waals surface area contributed by atoms with Crippen molar-refractivity contribution in [1.82, 2.24) is 15.2 Å². The van der Waals surface area contributed by atoms with Crippen molar-refractivity contribution >= 4 is 5.82 Å². The predicted octanol–water partition coefficient (Wildman–Crippen LogP) is 4.15. The molecule has 3 rings (SSSR count). The number of nitrogens with zero attached hydrogens (tertiary/aromatic N) is 3. The first kappa shape index (κ1) is 20.6. The van der Waals surface area contributed by atoms with E-state index < -0.39 is 11.7 Å². The molecule has 1 aliphatic rings. The van der Waals surface area contributed by atoms with Crippen LogP contribution in [0.15, 0.2) is 30.3 Å². The molecule has 0 radical (unpaired) electrons. The second-order valence-electron chi connectivity index (χ2n) is 7.62. The molecule has 0 atom stereocenters. The summed E-state index contributed by atoms with van der Waals surface area (Å²) in [6.07, 6.45) is -4.38. The summed E-state index contributed by atoms with van der Waals surface area (Å²) in [6.45, 7) is 6.72. The standard InChI is InChI=1S/C21H27F3N4/c1-14(2)28-13-17-18(21(22,23)24)11-19(26-20(17)28)16-7-5-6-15(10-16)12-27(4)9-8-25-3/h5-7,10-11,14,25H,8-9,12-13H2,1-4H3. The van der Waals surface area contributed by atoms with Crippen molar-refractivity contribution in [2.75, 3.05) is 32.1 Å².